The fourth-order valence-corrected chi connectivity index (χ4v) is 4.64. The van der Waals surface area contributed by atoms with Crippen molar-refractivity contribution in [1.29, 1.82) is 0 Å². The Morgan fingerprint density at radius 1 is 1.23 bits per heavy atom. The van der Waals surface area contributed by atoms with E-state index >= 15 is 0 Å². The lowest BCUT2D eigenvalue weighted by Crippen LogP contribution is -2.43. The molecule has 2 fully saturated rings. The summed E-state index contributed by atoms with van der Waals surface area (Å²) < 4.78 is 14.4. The molecule has 140 valence electrons. The van der Waals surface area contributed by atoms with Gasteiger partial charge in [-0.05, 0) is 56.6 Å². The number of amides is 1. The normalized spacial score (nSPS) is 33.2. The second kappa shape index (κ2) is 7.64. The van der Waals surface area contributed by atoms with Crippen molar-refractivity contribution in [3.05, 3.63) is 23.7 Å². The number of allylic oxidation sites excluding steroid dienone is 2. The van der Waals surface area contributed by atoms with Gasteiger partial charge in [0.1, 0.15) is 17.6 Å². The Balaban J connectivity index is 1.43. The van der Waals surface area contributed by atoms with Crippen molar-refractivity contribution >= 4 is 29.2 Å². The number of halogens is 1. The lowest BCUT2D eigenvalue weighted by Gasteiger charge is -2.27. The van der Waals surface area contributed by atoms with Crippen molar-refractivity contribution in [2.45, 2.75) is 49.9 Å². The zero-order valence-corrected chi connectivity index (χ0v) is 15.5. The van der Waals surface area contributed by atoms with Crippen LogP contribution in [0.25, 0.3) is 0 Å². The van der Waals surface area contributed by atoms with E-state index in [1.807, 2.05) is 0 Å². The maximum atomic E-state index is 14.4. The number of aliphatic hydroxyl groups excluding tert-OH is 1. The van der Waals surface area contributed by atoms with Crippen molar-refractivity contribution in [1.82, 2.24) is 5.32 Å². The van der Waals surface area contributed by atoms with Crippen LogP contribution in [0.1, 0.15) is 38.5 Å². The number of carbonyl (C=O) groups is 1. The highest BCUT2D eigenvalue weighted by Crippen LogP contribution is 2.33. The van der Waals surface area contributed by atoms with Gasteiger partial charge in [-0.2, -0.15) is 11.8 Å². The van der Waals surface area contributed by atoms with E-state index in [0.29, 0.717) is 34.2 Å². The van der Waals surface area contributed by atoms with Gasteiger partial charge in [0.05, 0.1) is 23.3 Å². The van der Waals surface area contributed by atoms with E-state index in [-0.39, 0.29) is 12.0 Å². The molecule has 2 saturated carbocycles. The average molecular weight is 377 g/mol. The third-order valence-electron chi connectivity index (χ3n) is 5.28. The van der Waals surface area contributed by atoms with E-state index in [0.717, 1.165) is 32.2 Å². The number of amidine groups is 1. The SMILES string of the molecule is O=C1NC(CSC2CCC(O)CC2)=NC2=CC(=NCC3CC3)C=C(F)C12. The van der Waals surface area contributed by atoms with Crippen LogP contribution >= 0.6 is 11.8 Å². The first-order valence-corrected chi connectivity index (χ1v) is 10.4. The van der Waals surface area contributed by atoms with E-state index in [2.05, 4.69) is 15.3 Å². The third-order valence-corrected chi connectivity index (χ3v) is 6.66. The summed E-state index contributed by atoms with van der Waals surface area (Å²) in [5.74, 6) is 0.0471. The topological polar surface area (TPSA) is 74.0 Å². The summed E-state index contributed by atoms with van der Waals surface area (Å²) in [5.41, 5.74) is 1.03. The van der Waals surface area contributed by atoms with Crippen LogP contribution in [0.5, 0.6) is 0 Å². The number of aliphatic hydroxyl groups is 1. The minimum Gasteiger partial charge on any atom is -0.393 e. The van der Waals surface area contributed by atoms with Crippen LogP contribution in [0.2, 0.25) is 0 Å². The maximum Gasteiger partial charge on any atom is 0.241 e. The number of hydrogen-bond acceptors (Lipinski definition) is 5. The Morgan fingerprint density at radius 3 is 2.73 bits per heavy atom. The first-order chi connectivity index (χ1) is 12.6. The van der Waals surface area contributed by atoms with Crippen molar-refractivity contribution in [3.63, 3.8) is 0 Å². The summed E-state index contributed by atoms with van der Waals surface area (Å²) in [6.07, 6.45) is 8.96. The molecule has 1 unspecified atom stereocenters. The van der Waals surface area contributed by atoms with Crippen LogP contribution in [-0.2, 0) is 4.79 Å². The summed E-state index contributed by atoms with van der Waals surface area (Å²) in [5, 5.41) is 12.8. The number of nitrogens with one attached hydrogen (secondary N) is 1. The summed E-state index contributed by atoms with van der Waals surface area (Å²) >= 11 is 1.75. The van der Waals surface area contributed by atoms with Gasteiger partial charge in [0, 0.05) is 11.8 Å². The molecule has 0 aromatic carbocycles. The van der Waals surface area contributed by atoms with Gasteiger partial charge >= 0.3 is 0 Å². The molecular weight excluding hydrogens is 353 g/mol. The van der Waals surface area contributed by atoms with Crippen LogP contribution in [0.3, 0.4) is 0 Å². The molecular formula is C19H24FN3O2S. The zero-order valence-electron chi connectivity index (χ0n) is 14.7. The predicted molar refractivity (Wildman–Crippen MR) is 102 cm³/mol. The van der Waals surface area contributed by atoms with Crippen LogP contribution < -0.4 is 5.32 Å². The molecule has 0 bridgehead atoms. The largest absolute Gasteiger partial charge is 0.393 e. The number of nitrogens with zero attached hydrogens (tertiary/aromatic N) is 2. The van der Waals surface area contributed by atoms with Gasteiger partial charge in [-0.1, -0.05) is 0 Å². The average Bonchev–Trinajstić information content (AvgIpc) is 3.43. The van der Waals surface area contributed by atoms with E-state index in [4.69, 9.17) is 0 Å². The summed E-state index contributed by atoms with van der Waals surface area (Å²) in [6, 6.07) is 0. The molecule has 4 aliphatic rings. The molecule has 0 spiro atoms. The maximum absolute atomic E-state index is 14.4. The highest BCUT2D eigenvalue weighted by atomic mass is 32.2. The quantitative estimate of drug-likeness (QED) is 0.774. The van der Waals surface area contributed by atoms with Crippen LogP contribution in [0.15, 0.2) is 33.7 Å². The fourth-order valence-electron chi connectivity index (χ4n) is 3.50. The second-order valence-corrected chi connectivity index (χ2v) is 8.82. The predicted octanol–water partition coefficient (Wildman–Crippen LogP) is 2.77. The third kappa shape index (κ3) is 4.26. The van der Waals surface area contributed by atoms with Crippen LogP contribution in [0.4, 0.5) is 4.39 Å². The monoisotopic (exact) mass is 377 g/mol. The molecule has 1 heterocycles. The number of rotatable bonds is 5. The standard InChI is InChI=1S/C19H24FN3O2S/c20-15-7-12(21-9-11-1-2-11)8-16-18(15)19(25)23-17(22-16)10-26-14-5-3-13(24)4-6-14/h7-8,11,13-14,18,24H,1-6,9-10H2,(H,22,23,25). The smallest absolute Gasteiger partial charge is 0.241 e. The highest BCUT2D eigenvalue weighted by Gasteiger charge is 2.35. The van der Waals surface area contributed by atoms with Gasteiger partial charge in [0.15, 0.2) is 0 Å². The fraction of sp³-hybridized carbons (Fsp3) is 0.632. The number of carbonyl (C=O) groups excluding carboxylic acids is 1. The van der Waals surface area contributed by atoms with E-state index in [1.54, 1.807) is 17.8 Å². The summed E-state index contributed by atoms with van der Waals surface area (Å²) in [6.45, 7) is 0.722. The molecule has 1 amide bonds. The minimum atomic E-state index is -0.937. The number of aliphatic imine (C=N–C) groups is 2. The van der Waals surface area contributed by atoms with Gasteiger partial charge in [-0.3, -0.25) is 9.79 Å². The lowest BCUT2D eigenvalue weighted by molar-refractivity contribution is -0.122. The van der Waals surface area contributed by atoms with E-state index in [1.165, 1.54) is 18.9 Å². The van der Waals surface area contributed by atoms with Gasteiger partial charge in [-0.15, -0.1) is 0 Å². The van der Waals surface area contributed by atoms with E-state index in [9.17, 15) is 14.3 Å². The Morgan fingerprint density at radius 2 is 2.00 bits per heavy atom. The van der Waals surface area contributed by atoms with Crippen LogP contribution in [0, 0.1) is 11.8 Å². The Bertz CT molecular complexity index is 704. The molecule has 2 N–H and O–H groups in total. The van der Waals surface area contributed by atoms with Crippen LogP contribution in [-0.4, -0.2) is 46.2 Å². The molecule has 5 nitrogen and oxygen atoms in total. The first-order valence-electron chi connectivity index (χ1n) is 9.39. The first kappa shape index (κ1) is 17.9. The van der Waals surface area contributed by atoms with Gasteiger partial charge < -0.3 is 10.4 Å². The Hall–Kier alpha value is -1.47. The summed E-state index contributed by atoms with van der Waals surface area (Å²) in [7, 11) is 0. The molecule has 1 atom stereocenters. The highest BCUT2D eigenvalue weighted by molar-refractivity contribution is 8.00. The van der Waals surface area contributed by atoms with Gasteiger partial charge in [-0.25, -0.2) is 9.38 Å². The van der Waals surface area contributed by atoms with Crippen molar-refractivity contribution in [2.75, 3.05) is 12.3 Å². The molecule has 3 aliphatic carbocycles. The van der Waals surface area contributed by atoms with Crippen molar-refractivity contribution in [3.8, 4) is 0 Å². The van der Waals surface area contributed by atoms with Gasteiger partial charge in [0.2, 0.25) is 5.91 Å². The summed E-state index contributed by atoms with van der Waals surface area (Å²) in [4.78, 5) is 21.3. The minimum absolute atomic E-state index is 0.171. The van der Waals surface area contributed by atoms with Crippen molar-refractivity contribution < 1.29 is 14.3 Å². The number of hydrogen-bond donors (Lipinski definition) is 2. The molecule has 4 rings (SSSR count). The zero-order chi connectivity index (χ0) is 18.1. The molecule has 1 aliphatic heterocycles. The van der Waals surface area contributed by atoms with Crippen molar-refractivity contribution in [2.24, 2.45) is 21.8 Å². The number of fused-ring (bicyclic) bond motifs is 1. The molecule has 7 heteroatoms. The molecule has 0 aromatic heterocycles. The molecule has 0 aromatic rings. The second-order valence-electron chi connectivity index (χ2n) is 7.53. The number of thioether (sulfide) groups is 1. The Kier molecular flexibility index (Phi) is 5.27. The molecule has 0 saturated heterocycles. The molecule has 0 radical (unpaired) electrons. The Labute approximate surface area is 156 Å². The van der Waals surface area contributed by atoms with E-state index < -0.39 is 11.7 Å². The molecule has 26 heavy (non-hydrogen) atoms. The van der Waals surface area contributed by atoms with Gasteiger partial charge in [0.25, 0.3) is 0 Å². The lowest BCUT2D eigenvalue weighted by atomic mass is 9.94.